The summed E-state index contributed by atoms with van der Waals surface area (Å²) >= 11 is 0. The van der Waals surface area contributed by atoms with Crippen LogP contribution in [0.2, 0.25) is 0 Å². The first-order valence-corrected chi connectivity index (χ1v) is 6.89. The first-order chi connectivity index (χ1) is 9.38. The SMILES string of the molecule is CC(C)C[C@H](CNC(=O)N1CCNC(=O)C1)CC(=O)O. The second-order valence-electron chi connectivity index (χ2n) is 5.55. The molecule has 1 aliphatic rings. The van der Waals surface area contributed by atoms with E-state index in [9.17, 15) is 14.4 Å². The molecule has 7 nitrogen and oxygen atoms in total. The lowest BCUT2D eigenvalue weighted by atomic mass is 9.94. The van der Waals surface area contributed by atoms with Crippen LogP contribution in [0.5, 0.6) is 0 Å². The van der Waals surface area contributed by atoms with Gasteiger partial charge in [-0.3, -0.25) is 9.59 Å². The number of nitrogens with one attached hydrogen (secondary N) is 2. The van der Waals surface area contributed by atoms with E-state index in [-0.39, 0.29) is 30.8 Å². The van der Waals surface area contributed by atoms with Gasteiger partial charge in [-0.2, -0.15) is 0 Å². The molecular formula is C13H23N3O4. The Morgan fingerprint density at radius 3 is 2.70 bits per heavy atom. The zero-order valence-electron chi connectivity index (χ0n) is 12.0. The Kier molecular flexibility index (Phi) is 6.27. The Morgan fingerprint density at radius 1 is 1.45 bits per heavy atom. The fourth-order valence-corrected chi connectivity index (χ4v) is 2.31. The highest BCUT2D eigenvalue weighted by Crippen LogP contribution is 2.14. The normalized spacial score (nSPS) is 16.8. The smallest absolute Gasteiger partial charge is 0.317 e. The van der Waals surface area contributed by atoms with Gasteiger partial charge in [0.15, 0.2) is 0 Å². The van der Waals surface area contributed by atoms with E-state index < -0.39 is 5.97 Å². The average Bonchev–Trinajstić information content (AvgIpc) is 2.34. The van der Waals surface area contributed by atoms with Crippen LogP contribution in [0.4, 0.5) is 4.79 Å². The van der Waals surface area contributed by atoms with Crippen LogP contribution in [-0.2, 0) is 9.59 Å². The van der Waals surface area contributed by atoms with Crippen LogP contribution in [0, 0.1) is 11.8 Å². The van der Waals surface area contributed by atoms with Gasteiger partial charge in [-0.05, 0) is 18.3 Å². The summed E-state index contributed by atoms with van der Waals surface area (Å²) < 4.78 is 0. The van der Waals surface area contributed by atoms with E-state index >= 15 is 0 Å². The number of amides is 3. The van der Waals surface area contributed by atoms with Crippen molar-refractivity contribution < 1.29 is 19.5 Å². The maximum Gasteiger partial charge on any atom is 0.317 e. The highest BCUT2D eigenvalue weighted by molar-refractivity contribution is 5.85. The number of aliphatic carboxylic acids is 1. The fourth-order valence-electron chi connectivity index (χ4n) is 2.31. The summed E-state index contributed by atoms with van der Waals surface area (Å²) in [5, 5.41) is 14.2. The molecule has 0 unspecified atom stereocenters. The van der Waals surface area contributed by atoms with Crippen molar-refractivity contribution in [2.24, 2.45) is 11.8 Å². The van der Waals surface area contributed by atoms with Crippen LogP contribution in [0.15, 0.2) is 0 Å². The molecule has 20 heavy (non-hydrogen) atoms. The van der Waals surface area contributed by atoms with Crippen molar-refractivity contribution in [1.82, 2.24) is 15.5 Å². The third kappa shape index (κ3) is 5.90. The Balaban J connectivity index is 2.42. The van der Waals surface area contributed by atoms with E-state index in [4.69, 9.17) is 5.11 Å². The maximum atomic E-state index is 11.9. The quantitative estimate of drug-likeness (QED) is 0.652. The molecule has 0 radical (unpaired) electrons. The minimum atomic E-state index is -0.859. The predicted molar refractivity (Wildman–Crippen MR) is 73.2 cm³/mol. The zero-order valence-corrected chi connectivity index (χ0v) is 12.0. The molecule has 1 heterocycles. The number of carboxylic acids is 1. The maximum absolute atomic E-state index is 11.9. The summed E-state index contributed by atoms with van der Waals surface area (Å²) in [5.74, 6) is -0.745. The number of carboxylic acid groups (broad SMARTS) is 1. The summed E-state index contributed by atoms with van der Waals surface area (Å²) in [5.41, 5.74) is 0. The number of urea groups is 1. The number of carbonyl (C=O) groups is 3. The van der Waals surface area contributed by atoms with Gasteiger partial charge in [-0.15, -0.1) is 0 Å². The molecule has 3 N–H and O–H groups in total. The highest BCUT2D eigenvalue weighted by atomic mass is 16.4. The number of piperazine rings is 1. The molecule has 1 aliphatic heterocycles. The van der Waals surface area contributed by atoms with Crippen LogP contribution in [0.3, 0.4) is 0 Å². The minimum absolute atomic E-state index is 0.0406. The summed E-state index contributed by atoms with van der Waals surface area (Å²) in [6, 6.07) is -0.306. The van der Waals surface area contributed by atoms with Crippen LogP contribution < -0.4 is 10.6 Å². The molecule has 7 heteroatoms. The molecule has 0 aliphatic carbocycles. The van der Waals surface area contributed by atoms with E-state index in [1.165, 1.54) is 4.90 Å². The standard InChI is InChI=1S/C13H23N3O4/c1-9(2)5-10(6-12(18)19)7-15-13(20)16-4-3-14-11(17)8-16/h9-10H,3-8H2,1-2H3,(H,14,17)(H,15,20)(H,18,19)/t10-/m0/s1. The molecule has 1 saturated heterocycles. The highest BCUT2D eigenvalue weighted by Gasteiger charge is 2.22. The Morgan fingerprint density at radius 2 is 2.15 bits per heavy atom. The van der Waals surface area contributed by atoms with E-state index in [0.29, 0.717) is 25.6 Å². The van der Waals surface area contributed by atoms with Gasteiger partial charge in [0.25, 0.3) is 0 Å². The van der Waals surface area contributed by atoms with Crippen molar-refractivity contribution in [3.8, 4) is 0 Å². The largest absolute Gasteiger partial charge is 0.481 e. The molecular weight excluding hydrogens is 262 g/mol. The molecule has 3 amide bonds. The number of rotatable bonds is 6. The molecule has 0 aromatic rings. The number of nitrogens with zero attached hydrogens (tertiary/aromatic N) is 1. The summed E-state index contributed by atoms with van der Waals surface area (Å²) in [6.45, 7) is 5.35. The van der Waals surface area contributed by atoms with Gasteiger partial charge >= 0.3 is 12.0 Å². The van der Waals surface area contributed by atoms with Gasteiger partial charge in [-0.1, -0.05) is 13.8 Å². The summed E-state index contributed by atoms with van der Waals surface area (Å²) in [4.78, 5) is 35.3. The second kappa shape index (κ2) is 7.72. The van der Waals surface area contributed by atoms with E-state index in [1.807, 2.05) is 13.8 Å². The number of hydrogen-bond acceptors (Lipinski definition) is 3. The monoisotopic (exact) mass is 285 g/mol. The molecule has 114 valence electrons. The third-order valence-corrected chi connectivity index (χ3v) is 3.14. The first kappa shape index (κ1) is 16.3. The lowest BCUT2D eigenvalue weighted by molar-refractivity contribution is -0.138. The third-order valence-electron chi connectivity index (χ3n) is 3.14. The van der Waals surface area contributed by atoms with Crippen molar-refractivity contribution in [3.63, 3.8) is 0 Å². The van der Waals surface area contributed by atoms with Gasteiger partial charge in [0.1, 0.15) is 6.54 Å². The van der Waals surface area contributed by atoms with Crippen LogP contribution in [0.25, 0.3) is 0 Å². The van der Waals surface area contributed by atoms with Crippen molar-refractivity contribution in [2.75, 3.05) is 26.2 Å². The van der Waals surface area contributed by atoms with E-state index in [0.717, 1.165) is 6.42 Å². The molecule has 1 rings (SSSR count). The molecule has 1 atom stereocenters. The first-order valence-electron chi connectivity index (χ1n) is 6.89. The van der Waals surface area contributed by atoms with Gasteiger partial charge in [-0.25, -0.2) is 4.79 Å². The van der Waals surface area contributed by atoms with E-state index in [1.54, 1.807) is 0 Å². The predicted octanol–water partition coefficient (Wildman–Crippen LogP) is 0.265. The second-order valence-corrected chi connectivity index (χ2v) is 5.55. The lowest BCUT2D eigenvalue weighted by Gasteiger charge is -2.27. The average molecular weight is 285 g/mol. The van der Waals surface area contributed by atoms with Gasteiger partial charge in [0.05, 0.1) is 0 Å². The summed E-state index contributed by atoms with van der Waals surface area (Å²) in [6.07, 6.45) is 0.784. The molecule has 0 bridgehead atoms. The van der Waals surface area contributed by atoms with Gasteiger partial charge in [0, 0.05) is 26.1 Å². The molecule has 0 saturated carbocycles. The number of carbonyl (C=O) groups excluding carboxylic acids is 2. The van der Waals surface area contributed by atoms with Crippen molar-refractivity contribution in [2.45, 2.75) is 26.7 Å². The van der Waals surface area contributed by atoms with Crippen LogP contribution >= 0.6 is 0 Å². The lowest BCUT2D eigenvalue weighted by Crippen LogP contribution is -2.53. The van der Waals surface area contributed by atoms with Crippen molar-refractivity contribution >= 4 is 17.9 Å². The topological polar surface area (TPSA) is 98.7 Å². The van der Waals surface area contributed by atoms with Crippen LogP contribution in [-0.4, -0.2) is 54.1 Å². The number of hydrogen-bond donors (Lipinski definition) is 3. The fraction of sp³-hybridized carbons (Fsp3) is 0.769. The Bertz CT molecular complexity index is 371. The zero-order chi connectivity index (χ0) is 15.1. The molecule has 1 fully saturated rings. The van der Waals surface area contributed by atoms with Gasteiger partial charge in [0.2, 0.25) is 5.91 Å². The van der Waals surface area contributed by atoms with Crippen LogP contribution in [0.1, 0.15) is 26.7 Å². The minimum Gasteiger partial charge on any atom is -0.481 e. The van der Waals surface area contributed by atoms with Crippen molar-refractivity contribution in [3.05, 3.63) is 0 Å². The molecule has 0 spiro atoms. The Hall–Kier alpha value is -1.79. The summed E-state index contributed by atoms with van der Waals surface area (Å²) in [7, 11) is 0. The van der Waals surface area contributed by atoms with Crippen molar-refractivity contribution in [1.29, 1.82) is 0 Å². The molecule has 0 aromatic carbocycles. The molecule has 0 aromatic heterocycles. The Labute approximate surface area is 118 Å². The van der Waals surface area contributed by atoms with Gasteiger partial charge < -0.3 is 20.6 Å². The van der Waals surface area contributed by atoms with E-state index in [2.05, 4.69) is 10.6 Å².